The molecule has 0 heterocycles. The van der Waals surface area contributed by atoms with Gasteiger partial charge in [0.25, 0.3) is 0 Å². The van der Waals surface area contributed by atoms with Crippen LogP contribution in [-0.2, 0) is 9.47 Å². The largest absolute Gasteiger partial charge is 0.486 e. The van der Waals surface area contributed by atoms with Gasteiger partial charge in [-0.15, -0.1) is 21.9 Å². The summed E-state index contributed by atoms with van der Waals surface area (Å²) >= 11 is -0.211. The summed E-state index contributed by atoms with van der Waals surface area (Å²) in [7, 11) is 1.67. The summed E-state index contributed by atoms with van der Waals surface area (Å²) in [4.78, 5) is 0. The van der Waals surface area contributed by atoms with Crippen molar-refractivity contribution in [1.29, 1.82) is 0 Å². The summed E-state index contributed by atoms with van der Waals surface area (Å²) in [6.45, 7) is 2.38. The molecule has 0 aliphatic rings. The molecule has 6 aromatic rings. The van der Waals surface area contributed by atoms with Crippen LogP contribution < -0.4 is 47.8 Å². The Labute approximate surface area is 367 Å². The molecular weight excluding hydrogens is 1060 g/mol. The van der Waals surface area contributed by atoms with E-state index in [2.05, 4.69) is 36.4 Å². The number of methoxy groups -OCH3 is 1. The van der Waals surface area contributed by atoms with Gasteiger partial charge in [-0.05, 0) is 24.3 Å². The van der Waals surface area contributed by atoms with Crippen LogP contribution in [0, 0.1) is 123 Å². The van der Waals surface area contributed by atoms with Gasteiger partial charge in [0.05, 0.1) is 19.8 Å². The van der Waals surface area contributed by atoms with Crippen molar-refractivity contribution in [3.8, 4) is 5.75 Å². The summed E-state index contributed by atoms with van der Waals surface area (Å²) in [5, 5.41) is 0. The minimum atomic E-state index is -7.22. The van der Waals surface area contributed by atoms with Gasteiger partial charge in [-0.2, -0.15) is 0 Å². The number of hydrogen-bond donors (Lipinski definition) is 0. The summed E-state index contributed by atoms with van der Waals surface area (Å²) in [6, 6.07) is 18.8. The van der Waals surface area contributed by atoms with Crippen molar-refractivity contribution in [2.75, 3.05) is 33.5 Å². The molecule has 66 heavy (non-hydrogen) atoms. The second kappa shape index (κ2) is 20.9. The van der Waals surface area contributed by atoms with Gasteiger partial charge in [0.1, 0.15) is 59.3 Å². The summed E-state index contributed by atoms with van der Waals surface area (Å²) in [6.07, 6.45) is -7.22. The highest BCUT2D eigenvalue weighted by atomic mass is 127. The van der Waals surface area contributed by atoms with Crippen molar-refractivity contribution in [2.45, 2.75) is 0 Å². The number of rotatable bonds is 13. The molecule has 0 atom stereocenters. The lowest BCUT2D eigenvalue weighted by Gasteiger charge is -2.44. The first-order valence-corrected chi connectivity index (χ1v) is 20.0. The third kappa shape index (κ3) is 9.11. The molecule has 25 heteroatoms. The molecule has 0 amide bonds. The Kier molecular flexibility index (Phi) is 16.3. The lowest BCUT2D eigenvalue weighted by Crippen LogP contribution is -3.61. The predicted molar refractivity (Wildman–Crippen MR) is 188 cm³/mol. The van der Waals surface area contributed by atoms with Gasteiger partial charge in [-0.1, -0.05) is 30.3 Å². The van der Waals surface area contributed by atoms with E-state index in [-0.39, 0.29) is 21.2 Å². The summed E-state index contributed by atoms with van der Waals surface area (Å²) in [5.41, 5.74) is -14.3. The standard InChI is InChI=1S/C24BF20.C17H20IO3/c26-5-1(6(27)14(35)21(42)13(5)34)25(2-7(28)15(36)22(43)16(37)8(2)29,3-9(30)17(38)23(44)18(39)10(3)31)4-11(32)19(40)24(45)20(41)12(4)33;1-19-11-12-20-13-14-21-17-10-6-5-9-16(17)18-15-7-3-2-4-8-15/h;2-10H,11-14H2,1H3/q-1;+1. The van der Waals surface area contributed by atoms with Crippen molar-refractivity contribution < 1.29 is 123 Å². The first kappa shape index (κ1) is 51.4. The molecule has 0 N–H and O–H groups in total. The number of hydrogen-bond acceptors (Lipinski definition) is 3. The first-order valence-electron chi connectivity index (χ1n) is 17.8. The predicted octanol–water partition coefficient (Wildman–Crippen LogP) is 5.70. The van der Waals surface area contributed by atoms with E-state index < -0.39 is 144 Å². The van der Waals surface area contributed by atoms with Crippen molar-refractivity contribution in [3.05, 3.63) is 178 Å². The highest BCUT2D eigenvalue weighted by Gasteiger charge is 2.52. The molecule has 0 saturated carbocycles. The number of para-hydroxylation sites is 1. The molecule has 0 aromatic heterocycles. The molecule has 0 aliphatic carbocycles. The maximum absolute atomic E-state index is 15.4. The zero-order valence-electron chi connectivity index (χ0n) is 32.3. The van der Waals surface area contributed by atoms with Crippen LogP contribution in [0.2, 0.25) is 0 Å². The second-order valence-corrected chi connectivity index (χ2v) is 16.0. The number of ether oxygens (including phenoxy) is 3. The van der Waals surface area contributed by atoms with Crippen LogP contribution in [0.3, 0.4) is 0 Å². The van der Waals surface area contributed by atoms with E-state index in [1.165, 1.54) is 7.14 Å². The minimum absolute atomic E-state index is 0.211. The van der Waals surface area contributed by atoms with Gasteiger partial charge in [-0.3, -0.25) is 0 Å². The van der Waals surface area contributed by atoms with Crippen molar-refractivity contribution >= 4 is 28.0 Å². The van der Waals surface area contributed by atoms with E-state index in [1.54, 1.807) is 7.11 Å². The minimum Gasteiger partial charge on any atom is -0.486 e. The van der Waals surface area contributed by atoms with Crippen LogP contribution in [0.15, 0.2) is 54.6 Å². The monoisotopic (exact) mass is 1080 g/mol. The van der Waals surface area contributed by atoms with Crippen LogP contribution in [0.4, 0.5) is 87.8 Å². The Hall–Kier alpha value is -5.57. The van der Waals surface area contributed by atoms with Gasteiger partial charge < -0.3 is 14.2 Å². The highest BCUT2D eigenvalue weighted by molar-refractivity contribution is 7.20. The molecule has 0 radical (unpaired) electrons. The zero-order chi connectivity index (χ0) is 49.1. The van der Waals surface area contributed by atoms with Crippen LogP contribution in [-0.4, -0.2) is 39.7 Å². The van der Waals surface area contributed by atoms with Crippen LogP contribution in [0.5, 0.6) is 5.75 Å². The van der Waals surface area contributed by atoms with Crippen LogP contribution >= 0.6 is 0 Å². The van der Waals surface area contributed by atoms with Crippen molar-refractivity contribution in [2.24, 2.45) is 0 Å². The quantitative estimate of drug-likeness (QED) is 0.0372. The Morgan fingerprint density at radius 1 is 0.348 bits per heavy atom. The van der Waals surface area contributed by atoms with E-state index in [1.807, 2.05) is 18.2 Å². The fourth-order valence-electron chi connectivity index (χ4n) is 6.56. The lowest BCUT2D eigenvalue weighted by atomic mass is 9.12. The Balaban J connectivity index is 0.000000324. The molecule has 6 aromatic carbocycles. The molecule has 0 saturated heterocycles. The molecule has 0 spiro atoms. The Bertz CT molecular complexity index is 2420. The van der Waals surface area contributed by atoms with E-state index >= 15 is 35.1 Å². The van der Waals surface area contributed by atoms with E-state index in [4.69, 9.17) is 14.2 Å². The molecule has 3 nitrogen and oxygen atoms in total. The Morgan fingerprint density at radius 3 is 0.970 bits per heavy atom. The lowest BCUT2D eigenvalue weighted by molar-refractivity contribution is -0.598. The maximum atomic E-state index is 15.4. The third-order valence-electron chi connectivity index (χ3n) is 9.40. The van der Waals surface area contributed by atoms with Gasteiger partial charge in [-0.25, -0.2) is 87.8 Å². The number of halogens is 21. The highest BCUT2D eigenvalue weighted by Crippen LogP contribution is 2.30. The van der Waals surface area contributed by atoms with Crippen LogP contribution in [0.25, 0.3) is 0 Å². The fraction of sp³-hybridized carbons (Fsp3) is 0.122. The fourth-order valence-corrected chi connectivity index (χ4v) is 9.00. The molecule has 0 fully saturated rings. The molecule has 352 valence electrons. The van der Waals surface area contributed by atoms with E-state index in [0.717, 1.165) is 5.75 Å². The SMILES string of the molecule is COCCOCCOc1ccccc1[I+]c1ccccc1.Fc1c(F)c(F)c([B-](c2c(F)c(F)c(F)c(F)c2F)(c2c(F)c(F)c(F)c(F)c2F)c2c(F)c(F)c(F)c(F)c2F)c(F)c1F. The molecule has 0 bridgehead atoms. The molecule has 0 unspecified atom stereocenters. The third-order valence-corrected chi connectivity index (χ3v) is 12.2. The van der Waals surface area contributed by atoms with Gasteiger partial charge in [0, 0.05) is 7.11 Å². The van der Waals surface area contributed by atoms with Gasteiger partial charge in [0.2, 0.25) is 3.57 Å². The normalized spacial score (nSPS) is 11.5. The second-order valence-electron chi connectivity index (χ2n) is 13.1. The Morgan fingerprint density at radius 2 is 0.636 bits per heavy atom. The maximum Gasteiger partial charge on any atom is 0.362 e. The van der Waals surface area contributed by atoms with Crippen LogP contribution in [0.1, 0.15) is 0 Å². The number of benzene rings is 6. The molecule has 0 aliphatic heterocycles. The van der Waals surface area contributed by atoms with Crippen molar-refractivity contribution in [3.63, 3.8) is 0 Å². The smallest absolute Gasteiger partial charge is 0.362 e. The topological polar surface area (TPSA) is 27.7 Å². The molecular formula is C41H20BF20IO3. The average molecular weight is 1080 g/mol. The zero-order valence-corrected chi connectivity index (χ0v) is 34.4. The molecule has 6 rings (SSSR count). The van der Waals surface area contributed by atoms with E-state index in [9.17, 15) is 52.7 Å². The average Bonchev–Trinajstić information content (AvgIpc) is 3.31. The summed E-state index contributed by atoms with van der Waals surface area (Å²) < 4.78 is 313. The van der Waals surface area contributed by atoms with Crippen molar-refractivity contribution in [1.82, 2.24) is 0 Å². The van der Waals surface area contributed by atoms with Gasteiger partial charge >= 0.3 is 21.2 Å². The summed E-state index contributed by atoms with van der Waals surface area (Å²) in [5.74, 6) is -70.4. The van der Waals surface area contributed by atoms with Gasteiger partial charge in [0.15, 0.2) is 79.1 Å². The van der Waals surface area contributed by atoms with E-state index in [0.29, 0.717) is 26.4 Å². The first-order chi connectivity index (χ1) is 31.1.